The molecular weight excluding hydrogens is 400 g/mol. The molecule has 0 atom stereocenters. The summed E-state index contributed by atoms with van der Waals surface area (Å²) < 4.78 is 5.40. The van der Waals surface area contributed by atoms with Crippen molar-refractivity contribution < 1.29 is 14.3 Å². The number of imide groups is 1. The Hall–Kier alpha value is -3.44. The van der Waals surface area contributed by atoms with Gasteiger partial charge in [0.2, 0.25) is 0 Å². The number of aryl methyl sites for hydroxylation is 2. The van der Waals surface area contributed by atoms with E-state index in [0.29, 0.717) is 37.4 Å². The summed E-state index contributed by atoms with van der Waals surface area (Å²) in [5, 5.41) is 5.38. The number of carbonyl (C=O) groups is 2. The Bertz CT molecular complexity index is 1210. The molecule has 4 rings (SSSR count). The number of anilines is 1. The predicted octanol–water partition coefficient (Wildman–Crippen LogP) is 5.08. The Balaban J connectivity index is 1.76. The molecule has 0 aromatic heterocycles. The van der Waals surface area contributed by atoms with Gasteiger partial charge in [-0.15, -0.1) is 0 Å². The number of hydrogen-bond donors (Lipinski definition) is 1. The number of ether oxygens (including phenoxy) is 1. The zero-order chi connectivity index (χ0) is 22.7. The molecule has 0 unspecified atom stereocenters. The van der Waals surface area contributed by atoms with E-state index in [9.17, 15) is 9.59 Å². The van der Waals surface area contributed by atoms with Crippen molar-refractivity contribution in [1.82, 2.24) is 4.90 Å². The van der Waals surface area contributed by atoms with Crippen molar-refractivity contribution in [2.45, 2.75) is 27.2 Å². The summed E-state index contributed by atoms with van der Waals surface area (Å²) in [7, 11) is 0. The molecule has 5 heteroatoms. The van der Waals surface area contributed by atoms with Crippen molar-refractivity contribution in [3.05, 3.63) is 83.1 Å². The molecule has 0 radical (unpaired) electrons. The third kappa shape index (κ3) is 4.16. The molecule has 5 nitrogen and oxygen atoms in total. The van der Waals surface area contributed by atoms with Crippen LogP contribution in [0.2, 0.25) is 0 Å². The van der Waals surface area contributed by atoms with Gasteiger partial charge in [-0.1, -0.05) is 54.6 Å². The van der Waals surface area contributed by atoms with Crippen LogP contribution in [0.3, 0.4) is 0 Å². The van der Waals surface area contributed by atoms with E-state index < -0.39 is 0 Å². The Morgan fingerprint density at radius 2 is 1.69 bits per heavy atom. The molecule has 1 heterocycles. The summed E-state index contributed by atoms with van der Waals surface area (Å²) in [4.78, 5) is 28.1. The molecular formula is C27H28N2O3. The molecule has 3 aromatic carbocycles. The lowest BCUT2D eigenvalue weighted by Crippen LogP contribution is -2.34. The molecule has 0 saturated carbocycles. The van der Waals surface area contributed by atoms with Crippen LogP contribution in [0.5, 0.6) is 0 Å². The van der Waals surface area contributed by atoms with Crippen molar-refractivity contribution in [3.63, 3.8) is 0 Å². The number of nitrogens with zero attached hydrogens (tertiary/aromatic N) is 1. The van der Waals surface area contributed by atoms with E-state index in [0.717, 1.165) is 33.2 Å². The summed E-state index contributed by atoms with van der Waals surface area (Å²) in [5.41, 5.74) is 4.52. The fourth-order valence-corrected chi connectivity index (χ4v) is 4.00. The van der Waals surface area contributed by atoms with Crippen molar-refractivity contribution in [2.24, 2.45) is 0 Å². The SMILES string of the molecule is CCOCCCN1C(=O)C(Nc2cccc3ccccc23)=C(c2ccc(C)c(C)c2)C1=O. The van der Waals surface area contributed by atoms with Crippen LogP contribution in [0, 0.1) is 13.8 Å². The fourth-order valence-electron chi connectivity index (χ4n) is 4.00. The van der Waals surface area contributed by atoms with Gasteiger partial charge in [0.05, 0.1) is 5.57 Å². The average Bonchev–Trinajstić information content (AvgIpc) is 3.03. The molecule has 0 aliphatic carbocycles. The van der Waals surface area contributed by atoms with E-state index in [4.69, 9.17) is 4.74 Å². The largest absolute Gasteiger partial charge is 0.382 e. The molecule has 0 bridgehead atoms. The molecule has 2 amide bonds. The van der Waals surface area contributed by atoms with Crippen LogP contribution in [0.15, 0.2) is 66.4 Å². The molecule has 0 spiro atoms. The fraction of sp³-hybridized carbons (Fsp3) is 0.259. The zero-order valence-corrected chi connectivity index (χ0v) is 18.8. The van der Waals surface area contributed by atoms with E-state index in [1.807, 2.05) is 81.4 Å². The summed E-state index contributed by atoms with van der Waals surface area (Å²) in [6.07, 6.45) is 0.604. The maximum atomic E-state index is 13.4. The van der Waals surface area contributed by atoms with Crippen molar-refractivity contribution in [1.29, 1.82) is 0 Å². The van der Waals surface area contributed by atoms with Gasteiger partial charge in [0, 0.05) is 30.8 Å². The van der Waals surface area contributed by atoms with Gasteiger partial charge in [-0.05, 0) is 55.3 Å². The Morgan fingerprint density at radius 3 is 2.47 bits per heavy atom. The van der Waals surface area contributed by atoms with E-state index in [1.165, 1.54) is 4.90 Å². The molecule has 1 aliphatic rings. The highest BCUT2D eigenvalue weighted by atomic mass is 16.5. The van der Waals surface area contributed by atoms with Crippen molar-refractivity contribution in [3.8, 4) is 0 Å². The van der Waals surface area contributed by atoms with Gasteiger partial charge < -0.3 is 10.1 Å². The standard InChI is InChI=1S/C27H28N2O3/c1-4-32-16-8-15-29-26(30)24(21-14-13-18(2)19(3)17-21)25(27(29)31)28-23-12-7-10-20-9-5-6-11-22(20)23/h5-7,9-14,17,28H,4,8,15-16H2,1-3H3. The van der Waals surface area contributed by atoms with Crippen LogP contribution < -0.4 is 5.32 Å². The van der Waals surface area contributed by atoms with Crippen molar-refractivity contribution in [2.75, 3.05) is 25.1 Å². The maximum Gasteiger partial charge on any atom is 0.278 e. The number of amides is 2. The molecule has 0 saturated heterocycles. The van der Waals surface area contributed by atoms with Gasteiger partial charge in [0.25, 0.3) is 11.8 Å². The van der Waals surface area contributed by atoms with Crippen LogP contribution in [0.1, 0.15) is 30.0 Å². The summed E-state index contributed by atoms with van der Waals surface area (Å²) in [5.74, 6) is -0.565. The number of carbonyl (C=O) groups excluding carboxylic acids is 2. The van der Waals surface area contributed by atoms with Crippen LogP contribution in [-0.2, 0) is 14.3 Å². The smallest absolute Gasteiger partial charge is 0.278 e. The molecule has 3 aromatic rings. The summed E-state index contributed by atoms with van der Waals surface area (Å²) in [6.45, 7) is 7.42. The predicted molar refractivity (Wildman–Crippen MR) is 128 cm³/mol. The first-order valence-corrected chi connectivity index (χ1v) is 11.0. The van der Waals surface area contributed by atoms with Gasteiger partial charge >= 0.3 is 0 Å². The number of nitrogens with one attached hydrogen (secondary N) is 1. The topological polar surface area (TPSA) is 58.6 Å². The van der Waals surface area contributed by atoms with Crippen LogP contribution in [0.4, 0.5) is 5.69 Å². The minimum atomic E-state index is -0.298. The highest BCUT2D eigenvalue weighted by Gasteiger charge is 2.39. The van der Waals surface area contributed by atoms with Crippen molar-refractivity contribution >= 4 is 33.8 Å². The number of rotatable bonds is 8. The monoisotopic (exact) mass is 428 g/mol. The lowest BCUT2D eigenvalue weighted by molar-refractivity contribution is -0.137. The summed E-state index contributed by atoms with van der Waals surface area (Å²) >= 11 is 0. The van der Waals surface area contributed by atoms with E-state index >= 15 is 0 Å². The highest BCUT2D eigenvalue weighted by Crippen LogP contribution is 2.33. The van der Waals surface area contributed by atoms with Gasteiger partial charge in [-0.2, -0.15) is 0 Å². The normalized spacial score (nSPS) is 14.0. The highest BCUT2D eigenvalue weighted by molar-refractivity contribution is 6.36. The average molecular weight is 429 g/mol. The molecule has 0 fully saturated rings. The maximum absolute atomic E-state index is 13.4. The van der Waals surface area contributed by atoms with Gasteiger partial charge in [-0.3, -0.25) is 14.5 Å². The zero-order valence-electron chi connectivity index (χ0n) is 18.8. The first-order valence-electron chi connectivity index (χ1n) is 11.0. The lowest BCUT2D eigenvalue weighted by atomic mass is 9.99. The third-order valence-corrected chi connectivity index (χ3v) is 5.89. The van der Waals surface area contributed by atoms with Crippen LogP contribution in [0.25, 0.3) is 16.3 Å². The minimum absolute atomic E-state index is 0.266. The van der Waals surface area contributed by atoms with E-state index in [-0.39, 0.29) is 11.8 Å². The second-order valence-corrected chi connectivity index (χ2v) is 8.01. The first-order chi connectivity index (χ1) is 15.5. The Labute approximate surface area is 188 Å². The van der Waals surface area contributed by atoms with E-state index in [2.05, 4.69) is 5.32 Å². The number of fused-ring (bicyclic) bond motifs is 1. The molecule has 32 heavy (non-hydrogen) atoms. The quantitative estimate of drug-likeness (QED) is 0.402. The van der Waals surface area contributed by atoms with E-state index in [1.54, 1.807) is 0 Å². The number of benzene rings is 3. The molecule has 1 N–H and O–H groups in total. The van der Waals surface area contributed by atoms with Crippen LogP contribution in [-0.4, -0.2) is 36.5 Å². The summed E-state index contributed by atoms with van der Waals surface area (Å²) in [6, 6.07) is 19.8. The Morgan fingerprint density at radius 1 is 0.906 bits per heavy atom. The van der Waals surface area contributed by atoms with Crippen LogP contribution >= 0.6 is 0 Å². The minimum Gasteiger partial charge on any atom is -0.382 e. The second-order valence-electron chi connectivity index (χ2n) is 8.01. The van der Waals surface area contributed by atoms with Gasteiger partial charge in [0.15, 0.2) is 0 Å². The lowest BCUT2D eigenvalue weighted by Gasteiger charge is -2.15. The first kappa shape index (κ1) is 21.8. The van der Waals surface area contributed by atoms with Gasteiger partial charge in [0.1, 0.15) is 5.70 Å². The number of hydrogen-bond acceptors (Lipinski definition) is 4. The van der Waals surface area contributed by atoms with Gasteiger partial charge in [-0.25, -0.2) is 0 Å². The molecule has 164 valence electrons. The Kier molecular flexibility index (Phi) is 6.37. The second kappa shape index (κ2) is 9.37. The molecule has 1 aliphatic heterocycles. The third-order valence-electron chi connectivity index (χ3n) is 5.89.